The summed E-state index contributed by atoms with van der Waals surface area (Å²) in [5.74, 6) is -4.08. The maximum atomic E-state index is 13.8. The van der Waals surface area contributed by atoms with Crippen LogP contribution in [0.5, 0.6) is 5.75 Å². The van der Waals surface area contributed by atoms with Crippen LogP contribution in [0.25, 0.3) is 10.8 Å². The number of hydrogen-bond donors (Lipinski definition) is 4. The number of ether oxygens (including phenoxy) is 4. The molecule has 3 aliphatic rings. The number of nitrogens with one attached hydrogen (secondary N) is 2. The molecule has 2 amide bonds. The molecule has 0 aliphatic carbocycles. The Morgan fingerprint density at radius 1 is 1.14 bits per heavy atom. The normalized spacial score (nSPS) is 25.7. The quantitative estimate of drug-likeness (QED) is 0.120. The van der Waals surface area contributed by atoms with Gasteiger partial charge in [0.1, 0.15) is 23.2 Å². The first-order valence-electron chi connectivity index (χ1n) is 13.8. The highest BCUT2D eigenvalue weighted by Crippen LogP contribution is 2.42. The molecule has 3 heterocycles. The van der Waals surface area contributed by atoms with Gasteiger partial charge in [0.25, 0.3) is 11.8 Å². The Balaban J connectivity index is 1.50. The summed E-state index contributed by atoms with van der Waals surface area (Å²) in [4.78, 5) is 65.9. The number of nitrogens with zero attached hydrogens (tertiary/aromatic N) is 1. The summed E-state index contributed by atoms with van der Waals surface area (Å²) in [6.07, 6.45) is -6.04. The van der Waals surface area contributed by atoms with E-state index in [4.69, 9.17) is 18.9 Å². The van der Waals surface area contributed by atoms with Crippen molar-refractivity contribution in [2.24, 2.45) is 0 Å². The summed E-state index contributed by atoms with van der Waals surface area (Å²) in [6.45, 7) is 5.93. The predicted molar refractivity (Wildman–Crippen MR) is 151 cm³/mol. The van der Waals surface area contributed by atoms with Crippen molar-refractivity contribution in [2.75, 3.05) is 20.3 Å². The van der Waals surface area contributed by atoms with Gasteiger partial charge in [0.15, 0.2) is 18.1 Å². The molecule has 3 unspecified atom stereocenters. The van der Waals surface area contributed by atoms with Gasteiger partial charge in [0.05, 0.1) is 31.0 Å². The van der Waals surface area contributed by atoms with Crippen LogP contribution in [0.1, 0.15) is 36.7 Å². The first-order valence-corrected chi connectivity index (χ1v) is 13.8. The van der Waals surface area contributed by atoms with Gasteiger partial charge in [-0.05, 0) is 49.2 Å². The van der Waals surface area contributed by atoms with Crippen molar-refractivity contribution in [1.29, 1.82) is 0 Å². The second kappa shape index (κ2) is 11.5. The van der Waals surface area contributed by atoms with Crippen LogP contribution < -0.4 is 15.4 Å². The average Bonchev–Trinajstić information content (AvgIpc) is 3.89. The fourth-order valence-corrected chi connectivity index (χ4v) is 5.25. The number of aliphatic hydroxyl groups excluding tert-OH is 2. The lowest BCUT2D eigenvalue weighted by molar-refractivity contribution is -0.148. The number of piperidine rings is 1. The largest absolute Gasteiger partial charge is 0.497 e. The highest BCUT2D eigenvalue weighted by atomic mass is 16.6. The van der Waals surface area contributed by atoms with Gasteiger partial charge in [0, 0.05) is 13.5 Å². The zero-order chi connectivity index (χ0) is 32.1. The molecule has 14 nitrogen and oxygen atoms in total. The number of aliphatic hydroxyl groups is 2. The number of carbonyl (C=O) groups excluding carboxylic acids is 5. The van der Waals surface area contributed by atoms with Crippen molar-refractivity contribution < 1.29 is 53.1 Å². The number of carbonyl (C=O) groups is 5. The fraction of sp³-hybridized carbons (Fsp3) is 0.433. The zero-order valence-corrected chi connectivity index (χ0v) is 24.7. The number of aryl methyl sites for hydroxylation is 1. The third-order valence-electron chi connectivity index (χ3n) is 7.87. The Morgan fingerprint density at radius 3 is 2.45 bits per heavy atom. The van der Waals surface area contributed by atoms with E-state index in [0.717, 1.165) is 24.8 Å². The average molecular weight is 612 g/mol. The lowest BCUT2D eigenvalue weighted by Gasteiger charge is -2.25. The smallest absolute Gasteiger partial charge is 0.339 e. The minimum atomic E-state index is -1.92. The van der Waals surface area contributed by atoms with Crippen LogP contribution in [-0.2, 0) is 33.4 Å². The van der Waals surface area contributed by atoms with Crippen LogP contribution in [0.15, 0.2) is 41.7 Å². The number of epoxide rings is 1. The summed E-state index contributed by atoms with van der Waals surface area (Å²) in [5, 5.41) is 26.6. The van der Waals surface area contributed by atoms with Crippen molar-refractivity contribution in [1.82, 2.24) is 15.5 Å². The van der Waals surface area contributed by atoms with Crippen LogP contribution in [0.3, 0.4) is 0 Å². The van der Waals surface area contributed by atoms with E-state index in [1.807, 2.05) is 13.0 Å². The summed E-state index contributed by atoms with van der Waals surface area (Å²) in [6, 6.07) is 8.16. The molecule has 234 valence electrons. The lowest BCUT2D eigenvalue weighted by Crippen LogP contribution is -2.50. The molecule has 0 radical (unpaired) electrons. The van der Waals surface area contributed by atoms with E-state index in [-0.39, 0.29) is 24.4 Å². The molecule has 3 aliphatic heterocycles. The number of fused-ring (bicyclic) bond motifs is 2. The maximum absolute atomic E-state index is 13.8. The van der Waals surface area contributed by atoms with Crippen LogP contribution >= 0.6 is 0 Å². The highest BCUT2D eigenvalue weighted by molar-refractivity contribution is 6.07. The summed E-state index contributed by atoms with van der Waals surface area (Å²) in [5.41, 5.74) is -0.783. The Bertz CT molecular complexity index is 1600. The topological polar surface area (TPSA) is 193 Å². The third-order valence-corrected chi connectivity index (χ3v) is 7.87. The lowest BCUT2D eigenvalue weighted by atomic mass is 9.99. The standard InChI is InChI=1S/C30H33N3O11/c1-13-7-6-8-17-18(13)9-16(41-5)10-19(17)29(40)44-25(30(4)12-42-30)28(39)31-21(27(38)32-26(37)14(2)34)22-24(43-15(3)35)23(36)20-11-33(20)22/h6-10,20,23-26,36-37H,11-12H2,1-5H3,(H,31,39)(H,32,38)/b22-21+/t20-,23+,24+,25?,26?,30?,33?/m0/s1. The molecule has 0 aromatic heterocycles. The number of rotatable bonds is 10. The number of Topliss-reactive ketones (excluding diaryl/α,β-unsaturated/α-hetero) is 1. The van der Waals surface area contributed by atoms with Gasteiger partial charge in [0.2, 0.25) is 6.10 Å². The first kappa shape index (κ1) is 30.9. The van der Waals surface area contributed by atoms with Crippen LogP contribution in [0.2, 0.25) is 0 Å². The van der Waals surface area contributed by atoms with Crippen molar-refractivity contribution >= 4 is 40.3 Å². The molecule has 3 saturated heterocycles. The molecular weight excluding hydrogens is 578 g/mol. The maximum Gasteiger partial charge on any atom is 0.339 e. The molecule has 4 N–H and O–H groups in total. The molecule has 6 atom stereocenters. The Morgan fingerprint density at radius 2 is 1.84 bits per heavy atom. The molecule has 44 heavy (non-hydrogen) atoms. The van der Waals surface area contributed by atoms with Gasteiger partial charge < -0.3 is 44.7 Å². The summed E-state index contributed by atoms with van der Waals surface area (Å²) >= 11 is 0. The molecule has 14 heteroatoms. The minimum absolute atomic E-state index is 0.0412. The predicted octanol–water partition coefficient (Wildman–Crippen LogP) is -0.187. The molecule has 5 rings (SSSR count). The van der Waals surface area contributed by atoms with E-state index in [1.165, 1.54) is 18.1 Å². The third kappa shape index (κ3) is 5.83. The van der Waals surface area contributed by atoms with Crippen LogP contribution in [0, 0.1) is 6.92 Å². The Hall–Kier alpha value is -4.53. The molecule has 3 fully saturated rings. The monoisotopic (exact) mass is 611 g/mol. The SMILES string of the molecule is COc1cc(C(=O)OC(C(=O)N/C(C(=O)NC(O)C(C)=O)=C2\[C@@H](OC(C)=O)[C@H](O)[C@@H]3CN23)C2(C)CO2)c2cccc(C)c2c1. The Kier molecular flexibility index (Phi) is 8.09. The molecule has 0 bridgehead atoms. The van der Waals surface area contributed by atoms with Crippen molar-refractivity contribution in [3.63, 3.8) is 0 Å². The Labute approximate surface area is 251 Å². The van der Waals surface area contributed by atoms with Gasteiger partial charge in [-0.1, -0.05) is 18.2 Å². The van der Waals surface area contributed by atoms with Gasteiger partial charge in [-0.15, -0.1) is 0 Å². The van der Waals surface area contributed by atoms with Crippen molar-refractivity contribution in [3.8, 4) is 5.75 Å². The van der Waals surface area contributed by atoms with E-state index in [0.29, 0.717) is 11.1 Å². The van der Waals surface area contributed by atoms with Crippen LogP contribution in [0.4, 0.5) is 0 Å². The van der Waals surface area contributed by atoms with E-state index < -0.39 is 71.4 Å². The number of ketones is 1. The summed E-state index contributed by atoms with van der Waals surface area (Å²) < 4.78 is 21.9. The molecule has 0 spiro atoms. The second-order valence-corrected chi connectivity index (χ2v) is 11.2. The van der Waals surface area contributed by atoms with Gasteiger partial charge in [-0.25, -0.2) is 4.79 Å². The number of benzene rings is 2. The molecule has 2 aromatic carbocycles. The molecule has 2 aromatic rings. The van der Waals surface area contributed by atoms with E-state index in [2.05, 4.69) is 10.6 Å². The van der Waals surface area contributed by atoms with E-state index in [1.54, 1.807) is 25.1 Å². The zero-order valence-electron chi connectivity index (χ0n) is 24.7. The fourth-order valence-electron chi connectivity index (χ4n) is 5.25. The van der Waals surface area contributed by atoms with Crippen molar-refractivity contribution in [2.45, 2.75) is 63.9 Å². The number of amides is 2. The minimum Gasteiger partial charge on any atom is -0.497 e. The van der Waals surface area contributed by atoms with Gasteiger partial charge in [-0.3, -0.25) is 19.2 Å². The second-order valence-electron chi connectivity index (χ2n) is 11.2. The van der Waals surface area contributed by atoms with E-state index in [9.17, 15) is 34.2 Å². The molecule has 0 saturated carbocycles. The van der Waals surface area contributed by atoms with Gasteiger partial charge in [-0.2, -0.15) is 0 Å². The number of esters is 2. The van der Waals surface area contributed by atoms with E-state index >= 15 is 0 Å². The summed E-state index contributed by atoms with van der Waals surface area (Å²) in [7, 11) is 1.45. The van der Waals surface area contributed by atoms with Crippen molar-refractivity contribution in [3.05, 3.63) is 52.9 Å². The highest BCUT2D eigenvalue weighted by Gasteiger charge is 2.59. The first-order chi connectivity index (χ1) is 20.7. The number of hydrogen-bond acceptors (Lipinski definition) is 12. The van der Waals surface area contributed by atoms with Crippen LogP contribution in [-0.4, -0.2) is 101 Å². The number of methoxy groups -OCH3 is 1. The molecular formula is C30H33N3O11. The van der Waals surface area contributed by atoms with Gasteiger partial charge >= 0.3 is 11.9 Å².